The van der Waals surface area contributed by atoms with Crippen LogP contribution in [0.1, 0.15) is 19.3 Å². The molecule has 0 aromatic carbocycles. The van der Waals surface area contributed by atoms with Crippen LogP contribution in [-0.4, -0.2) is 61.5 Å². The Kier molecular flexibility index (Phi) is 4.84. The summed E-state index contributed by atoms with van der Waals surface area (Å²) in [4.78, 5) is 15.9. The standard InChI is InChI=1S/C13H21N3O/c17-13(16-9-2-1-3-10-16)5-4-8-15-11-6-14-7-12-15/h14H,1-3,6-12H2. The molecule has 0 unspecified atom stereocenters. The summed E-state index contributed by atoms with van der Waals surface area (Å²) < 4.78 is 0. The summed E-state index contributed by atoms with van der Waals surface area (Å²) in [6.07, 6.45) is 3.51. The highest BCUT2D eigenvalue weighted by Gasteiger charge is 2.14. The fourth-order valence-corrected chi connectivity index (χ4v) is 2.27. The smallest absolute Gasteiger partial charge is 0.298 e. The zero-order chi connectivity index (χ0) is 11.9. The van der Waals surface area contributed by atoms with Crippen molar-refractivity contribution < 1.29 is 4.79 Å². The third-order valence-electron chi connectivity index (χ3n) is 3.35. The molecule has 2 saturated heterocycles. The lowest BCUT2D eigenvalue weighted by Crippen LogP contribution is -2.43. The highest BCUT2D eigenvalue weighted by atomic mass is 16.2. The molecule has 0 aromatic rings. The van der Waals surface area contributed by atoms with Crippen molar-refractivity contribution in [1.82, 2.24) is 15.1 Å². The van der Waals surface area contributed by atoms with Gasteiger partial charge in [0, 0.05) is 39.3 Å². The number of carbonyl (C=O) groups is 1. The average Bonchev–Trinajstić information content (AvgIpc) is 2.41. The maximum atomic E-state index is 11.8. The molecule has 4 heteroatoms. The molecule has 0 saturated carbocycles. The van der Waals surface area contributed by atoms with Gasteiger partial charge in [0.1, 0.15) is 0 Å². The van der Waals surface area contributed by atoms with Crippen LogP contribution < -0.4 is 5.32 Å². The number of hydrogen-bond donors (Lipinski definition) is 1. The molecule has 4 nitrogen and oxygen atoms in total. The second-order valence-electron chi connectivity index (χ2n) is 4.68. The molecule has 0 radical (unpaired) electrons. The maximum absolute atomic E-state index is 11.8. The van der Waals surface area contributed by atoms with Crippen LogP contribution in [0.15, 0.2) is 0 Å². The molecule has 0 bridgehead atoms. The molecule has 2 rings (SSSR count). The van der Waals surface area contributed by atoms with E-state index >= 15 is 0 Å². The molecular weight excluding hydrogens is 214 g/mol. The summed E-state index contributed by atoms with van der Waals surface area (Å²) in [5.74, 6) is 5.80. The number of nitrogens with zero attached hydrogens (tertiary/aromatic N) is 2. The van der Waals surface area contributed by atoms with Gasteiger partial charge in [-0.25, -0.2) is 0 Å². The van der Waals surface area contributed by atoms with Crippen LogP contribution >= 0.6 is 0 Å². The lowest BCUT2D eigenvalue weighted by atomic mass is 10.1. The largest absolute Gasteiger partial charge is 0.332 e. The summed E-state index contributed by atoms with van der Waals surface area (Å²) in [6, 6.07) is 0. The molecule has 0 aliphatic carbocycles. The minimum Gasteiger partial charge on any atom is -0.332 e. The lowest BCUT2D eigenvalue weighted by Gasteiger charge is -2.25. The Hall–Kier alpha value is -1.05. The number of piperidine rings is 1. The number of hydrogen-bond acceptors (Lipinski definition) is 3. The van der Waals surface area contributed by atoms with Gasteiger partial charge in [-0.05, 0) is 25.2 Å². The molecule has 2 aliphatic heterocycles. The van der Waals surface area contributed by atoms with Crippen molar-refractivity contribution in [3.05, 3.63) is 0 Å². The van der Waals surface area contributed by atoms with E-state index in [1.807, 2.05) is 4.90 Å². The van der Waals surface area contributed by atoms with Crippen LogP contribution in [0.5, 0.6) is 0 Å². The highest BCUT2D eigenvalue weighted by molar-refractivity contribution is 5.93. The number of carbonyl (C=O) groups excluding carboxylic acids is 1. The third-order valence-corrected chi connectivity index (χ3v) is 3.35. The van der Waals surface area contributed by atoms with E-state index in [4.69, 9.17) is 0 Å². The van der Waals surface area contributed by atoms with Crippen molar-refractivity contribution in [1.29, 1.82) is 0 Å². The fraction of sp³-hybridized carbons (Fsp3) is 0.769. The molecule has 94 valence electrons. The van der Waals surface area contributed by atoms with E-state index in [-0.39, 0.29) is 5.91 Å². The molecule has 1 amide bonds. The van der Waals surface area contributed by atoms with Gasteiger partial charge in [0.25, 0.3) is 5.91 Å². The molecule has 17 heavy (non-hydrogen) atoms. The van der Waals surface area contributed by atoms with Crippen LogP contribution in [0.2, 0.25) is 0 Å². The van der Waals surface area contributed by atoms with Crippen LogP contribution in [0.4, 0.5) is 0 Å². The van der Waals surface area contributed by atoms with Gasteiger partial charge in [-0.1, -0.05) is 5.92 Å². The monoisotopic (exact) mass is 235 g/mol. The van der Waals surface area contributed by atoms with Crippen molar-refractivity contribution in [3.63, 3.8) is 0 Å². The number of amides is 1. The number of nitrogens with one attached hydrogen (secondary N) is 1. The fourth-order valence-electron chi connectivity index (χ4n) is 2.27. The van der Waals surface area contributed by atoms with E-state index in [0.717, 1.165) is 58.7 Å². The van der Waals surface area contributed by atoms with Crippen molar-refractivity contribution in [2.45, 2.75) is 19.3 Å². The van der Waals surface area contributed by atoms with Crippen LogP contribution in [0, 0.1) is 11.8 Å². The first-order chi connectivity index (χ1) is 8.36. The molecule has 2 fully saturated rings. The summed E-state index contributed by atoms with van der Waals surface area (Å²) in [7, 11) is 0. The minimum atomic E-state index is 0.0137. The number of rotatable bonds is 1. The predicted octanol–water partition coefficient (Wildman–Crippen LogP) is -0.0925. The minimum absolute atomic E-state index is 0.0137. The van der Waals surface area contributed by atoms with E-state index in [9.17, 15) is 4.79 Å². The summed E-state index contributed by atoms with van der Waals surface area (Å²) in [5.41, 5.74) is 0. The van der Waals surface area contributed by atoms with Gasteiger partial charge in [0.15, 0.2) is 0 Å². The van der Waals surface area contributed by atoms with Crippen molar-refractivity contribution in [2.24, 2.45) is 0 Å². The summed E-state index contributed by atoms with van der Waals surface area (Å²) in [6.45, 7) is 6.63. The zero-order valence-electron chi connectivity index (χ0n) is 10.4. The Morgan fingerprint density at radius 2 is 1.76 bits per heavy atom. The van der Waals surface area contributed by atoms with E-state index in [1.54, 1.807) is 0 Å². The van der Waals surface area contributed by atoms with E-state index < -0.39 is 0 Å². The molecule has 2 aliphatic rings. The van der Waals surface area contributed by atoms with Gasteiger partial charge >= 0.3 is 0 Å². The first-order valence-corrected chi connectivity index (χ1v) is 6.57. The Morgan fingerprint density at radius 1 is 1.06 bits per heavy atom. The highest BCUT2D eigenvalue weighted by Crippen LogP contribution is 2.07. The first-order valence-electron chi connectivity index (χ1n) is 6.57. The van der Waals surface area contributed by atoms with Crippen molar-refractivity contribution >= 4 is 5.91 Å². The van der Waals surface area contributed by atoms with Crippen LogP contribution in [-0.2, 0) is 4.79 Å². The Labute approximate surface area is 103 Å². The summed E-state index contributed by atoms with van der Waals surface area (Å²) in [5, 5.41) is 3.30. The zero-order valence-corrected chi connectivity index (χ0v) is 10.4. The molecule has 0 atom stereocenters. The lowest BCUT2D eigenvalue weighted by molar-refractivity contribution is -0.125. The average molecular weight is 235 g/mol. The van der Waals surface area contributed by atoms with Crippen LogP contribution in [0.3, 0.4) is 0 Å². The molecular formula is C13H21N3O. The van der Waals surface area contributed by atoms with E-state index in [0.29, 0.717) is 0 Å². The maximum Gasteiger partial charge on any atom is 0.298 e. The van der Waals surface area contributed by atoms with Crippen molar-refractivity contribution in [2.75, 3.05) is 45.8 Å². The Morgan fingerprint density at radius 3 is 2.47 bits per heavy atom. The van der Waals surface area contributed by atoms with Gasteiger partial charge in [0.05, 0.1) is 6.54 Å². The third kappa shape index (κ3) is 4.03. The Balaban J connectivity index is 1.73. The van der Waals surface area contributed by atoms with Gasteiger partial charge in [-0.3, -0.25) is 9.69 Å². The van der Waals surface area contributed by atoms with Gasteiger partial charge in [-0.15, -0.1) is 0 Å². The van der Waals surface area contributed by atoms with Crippen molar-refractivity contribution in [3.8, 4) is 11.8 Å². The topological polar surface area (TPSA) is 35.6 Å². The molecule has 0 aromatic heterocycles. The number of piperazine rings is 1. The quantitative estimate of drug-likeness (QED) is 0.645. The molecule has 0 spiro atoms. The van der Waals surface area contributed by atoms with Gasteiger partial charge in [-0.2, -0.15) is 0 Å². The Bertz CT molecular complexity index is 306. The second kappa shape index (κ2) is 6.63. The van der Waals surface area contributed by atoms with Gasteiger partial charge in [0.2, 0.25) is 0 Å². The van der Waals surface area contributed by atoms with Crippen LogP contribution in [0.25, 0.3) is 0 Å². The molecule has 2 heterocycles. The second-order valence-corrected chi connectivity index (χ2v) is 4.68. The molecule has 1 N–H and O–H groups in total. The number of likely N-dealkylation sites (tertiary alicyclic amines) is 1. The first kappa shape index (κ1) is 12.4. The normalized spacial score (nSPS) is 21.8. The predicted molar refractivity (Wildman–Crippen MR) is 67.5 cm³/mol. The summed E-state index contributed by atoms with van der Waals surface area (Å²) >= 11 is 0. The van der Waals surface area contributed by atoms with E-state index in [1.165, 1.54) is 6.42 Å². The SMILES string of the molecule is O=C(C#CCN1CCNCC1)N1CCCCC1. The van der Waals surface area contributed by atoms with E-state index in [2.05, 4.69) is 22.1 Å². The van der Waals surface area contributed by atoms with Gasteiger partial charge < -0.3 is 10.2 Å².